The highest BCUT2D eigenvalue weighted by Crippen LogP contribution is 2.26. The van der Waals surface area contributed by atoms with Crippen molar-refractivity contribution in [1.29, 1.82) is 0 Å². The molecule has 0 aliphatic carbocycles. The molecule has 0 atom stereocenters. The van der Waals surface area contributed by atoms with Crippen LogP contribution in [0.5, 0.6) is 0 Å². The molecule has 80 valence electrons. The Labute approximate surface area is 93.8 Å². The van der Waals surface area contributed by atoms with Crippen LogP contribution >= 0.6 is 11.6 Å². The lowest BCUT2D eigenvalue weighted by Gasteiger charge is -2.00. The van der Waals surface area contributed by atoms with Gasteiger partial charge in [-0.25, -0.2) is 0 Å². The minimum atomic E-state index is 0.658. The summed E-state index contributed by atoms with van der Waals surface area (Å²) in [5, 5.41) is 6.21. The molecule has 0 radical (unpaired) electrons. The van der Waals surface area contributed by atoms with Crippen molar-refractivity contribution in [2.45, 2.75) is 19.9 Å². The lowest BCUT2D eigenvalue weighted by molar-refractivity contribution is 0.591. The third-order valence-electron chi connectivity index (χ3n) is 2.49. The van der Waals surface area contributed by atoms with Crippen LogP contribution < -0.4 is 5.73 Å². The van der Waals surface area contributed by atoms with Gasteiger partial charge in [0, 0.05) is 11.9 Å². The number of aromatic nitrogens is 2. The van der Waals surface area contributed by atoms with Crippen molar-refractivity contribution in [3.63, 3.8) is 0 Å². The highest BCUT2D eigenvalue weighted by atomic mass is 35.5. The Bertz CT molecular complexity index is 476. The molecule has 4 heteroatoms. The van der Waals surface area contributed by atoms with E-state index in [0.29, 0.717) is 6.54 Å². The van der Waals surface area contributed by atoms with Gasteiger partial charge < -0.3 is 5.73 Å². The predicted molar refractivity (Wildman–Crippen MR) is 63.2 cm³/mol. The number of hydrogen-bond donors (Lipinski definition) is 1. The molecule has 0 saturated heterocycles. The molecule has 0 fully saturated rings. The summed E-state index contributed by atoms with van der Waals surface area (Å²) in [6.07, 6.45) is 0.896. The van der Waals surface area contributed by atoms with Gasteiger partial charge in [-0.3, -0.25) is 4.68 Å². The van der Waals surface area contributed by atoms with E-state index in [2.05, 4.69) is 5.10 Å². The molecule has 3 nitrogen and oxygen atoms in total. The quantitative estimate of drug-likeness (QED) is 0.868. The normalized spacial score (nSPS) is 11.1. The molecular weight excluding hydrogens is 210 g/mol. The number of nitrogens with zero attached hydrogens (tertiary/aromatic N) is 2. The van der Waals surface area contributed by atoms with Crippen molar-refractivity contribution in [2.24, 2.45) is 5.73 Å². The molecule has 0 saturated carbocycles. The number of aryl methyl sites for hydroxylation is 2. The van der Waals surface area contributed by atoms with Gasteiger partial charge in [-0.2, -0.15) is 5.10 Å². The van der Waals surface area contributed by atoms with E-state index >= 15 is 0 Å². The van der Waals surface area contributed by atoms with E-state index in [-0.39, 0.29) is 0 Å². The number of halogens is 1. The third-order valence-corrected chi connectivity index (χ3v) is 2.87. The number of fused-ring (bicyclic) bond motifs is 1. The molecule has 0 amide bonds. The summed E-state index contributed by atoms with van der Waals surface area (Å²) in [6.45, 7) is 3.48. The zero-order chi connectivity index (χ0) is 10.8. The average Bonchev–Trinajstić information content (AvgIpc) is 2.54. The molecule has 0 unspecified atom stereocenters. The fourth-order valence-electron chi connectivity index (χ4n) is 1.70. The van der Waals surface area contributed by atoms with Crippen molar-refractivity contribution in [3.8, 4) is 0 Å². The van der Waals surface area contributed by atoms with E-state index in [1.165, 1.54) is 0 Å². The van der Waals surface area contributed by atoms with E-state index in [0.717, 1.165) is 34.6 Å². The fourth-order valence-corrected chi connectivity index (χ4v) is 2.06. The number of hydrogen-bond acceptors (Lipinski definition) is 2. The second-order valence-electron chi connectivity index (χ2n) is 3.63. The zero-order valence-corrected chi connectivity index (χ0v) is 9.46. The summed E-state index contributed by atoms with van der Waals surface area (Å²) >= 11 is 6.26. The minimum absolute atomic E-state index is 0.658. The van der Waals surface area contributed by atoms with Gasteiger partial charge in [0.1, 0.15) is 5.15 Å². The van der Waals surface area contributed by atoms with Crippen LogP contribution in [0.2, 0.25) is 5.15 Å². The van der Waals surface area contributed by atoms with Gasteiger partial charge in [0.05, 0.1) is 5.52 Å². The van der Waals surface area contributed by atoms with Crippen LogP contribution in [0.3, 0.4) is 0 Å². The summed E-state index contributed by atoms with van der Waals surface area (Å²) in [6, 6.07) is 6.02. The molecule has 2 aromatic rings. The molecule has 0 spiro atoms. The number of nitrogens with two attached hydrogens (primary N) is 1. The van der Waals surface area contributed by atoms with E-state index < -0.39 is 0 Å². The highest BCUT2D eigenvalue weighted by molar-refractivity contribution is 6.34. The lowest BCUT2D eigenvalue weighted by atomic mass is 10.1. The Kier molecular flexibility index (Phi) is 2.93. The lowest BCUT2D eigenvalue weighted by Crippen LogP contribution is -2.06. The highest BCUT2D eigenvalue weighted by Gasteiger charge is 2.09. The first-order chi connectivity index (χ1) is 7.24. The van der Waals surface area contributed by atoms with Crippen molar-refractivity contribution in [3.05, 3.63) is 28.9 Å². The monoisotopic (exact) mass is 223 g/mol. The maximum atomic E-state index is 6.26. The van der Waals surface area contributed by atoms with Crippen LogP contribution in [0.1, 0.15) is 12.0 Å². The molecule has 0 aliphatic rings. The van der Waals surface area contributed by atoms with Crippen LogP contribution in [0, 0.1) is 6.92 Å². The van der Waals surface area contributed by atoms with Crippen molar-refractivity contribution < 1.29 is 0 Å². The average molecular weight is 224 g/mol. The van der Waals surface area contributed by atoms with Gasteiger partial charge >= 0.3 is 0 Å². The van der Waals surface area contributed by atoms with E-state index in [1.807, 2.05) is 29.8 Å². The molecular formula is C11H14ClN3. The molecule has 0 bridgehead atoms. The second kappa shape index (κ2) is 4.21. The molecule has 15 heavy (non-hydrogen) atoms. The first-order valence-corrected chi connectivity index (χ1v) is 5.43. The van der Waals surface area contributed by atoms with Gasteiger partial charge in [0.15, 0.2) is 0 Å². The Morgan fingerprint density at radius 1 is 1.47 bits per heavy atom. The van der Waals surface area contributed by atoms with Gasteiger partial charge in [0.2, 0.25) is 0 Å². The topological polar surface area (TPSA) is 43.8 Å². The first kappa shape index (κ1) is 10.5. The van der Waals surface area contributed by atoms with Crippen LogP contribution in [-0.2, 0) is 6.54 Å². The maximum Gasteiger partial charge on any atom is 0.135 e. The van der Waals surface area contributed by atoms with Crippen molar-refractivity contribution in [2.75, 3.05) is 6.54 Å². The third kappa shape index (κ3) is 1.85. The summed E-state index contributed by atoms with van der Waals surface area (Å²) in [5.41, 5.74) is 7.59. The number of rotatable bonds is 3. The Morgan fingerprint density at radius 3 is 2.93 bits per heavy atom. The van der Waals surface area contributed by atoms with E-state index in [1.54, 1.807) is 0 Å². The summed E-state index contributed by atoms with van der Waals surface area (Å²) < 4.78 is 1.83. The SMILES string of the molecule is Cc1cccc2nn(CCCN)c(Cl)c12. The molecule has 1 aromatic carbocycles. The summed E-state index contributed by atoms with van der Waals surface area (Å²) in [4.78, 5) is 0. The van der Waals surface area contributed by atoms with Gasteiger partial charge in [0.25, 0.3) is 0 Å². The van der Waals surface area contributed by atoms with Crippen LogP contribution in [0.25, 0.3) is 10.9 Å². The smallest absolute Gasteiger partial charge is 0.135 e. The van der Waals surface area contributed by atoms with Crippen LogP contribution in [0.15, 0.2) is 18.2 Å². The van der Waals surface area contributed by atoms with Crippen molar-refractivity contribution >= 4 is 22.5 Å². The zero-order valence-electron chi connectivity index (χ0n) is 8.70. The summed E-state index contributed by atoms with van der Waals surface area (Å²) in [5.74, 6) is 0. The van der Waals surface area contributed by atoms with E-state index in [4.69, 9.17) is 17.3 Å². The van der Waals surface area contributed by atoms with Gasteiger partial charge in [-0.05, 0) is 31.5 Å². The Morgan fingerprint density at radius 2 is 2.27 bits per heavy atom. The van der Waals surface area contributed by atoms with Crippen LogP contribution in [0.4, 0.5) is 0 Å². The molecule has 1 heterocycles. The predicted octanol–water partition coefficient (Wildman–Crippen LogP) is 2.35. The second-order valence-corrected chi connectivity index (χ2v) is 3.98. The number of benzene rings is 1. The van der Waals surface area contributed by atoms with E-state index in [9.17, 15) is 0 Å². The Hall–Kier alpha value is -1.06. The Balaban J connectivity index is 2.50. The minimum Gasteiger partial charge on any atom is -0.330 e. The standard InChI is InChI=1S/C11H14ClN3/c1-8-4-2-5-9-10(8)11(12)15(14-9)7-3-6-13/h2,4-5H,3,6-7,13H2,1H3. The van der Waals surface area contributed by atoms with Gasteiger partial charge in [-0.1, -0.05) is 23.7 Å². The molecule has 0 aliphatic heterocycles. The fraction of sp³-hybridized carbons (Fsp3) is 0.364. The van der Waals surface area contributed by atoms with Crippen LogP contribution in [-0.4, -0.2) is 16.3 Å². The van der Waals surface area contributed by atoms with Gasteiger partial charge in [-0.15, -0.1) is 0 Å². The molecule has 2 N–H and O–H groups in total. The maximum absolute atomic E-state index is 6.26. The van der Waals surface area contributed by atoms with Crippen molar-refractivity contribution in [1.82, 2.24) is 9.78 Å². The molecule has 2 rings (SSSR count). The molecule has 1 aromatic heterocycles. The largest absolute Gasteiger partial charge is 0.330 e. The first-order valence-electron chi connectivity index (χ1n) is 5.05. The summed E-state index contributed by atoms with van der Waals surface area (Å²) in [7, 11) is 0.